The molecular weight excluding hydrogens is 1310 g/mol. The van der Waals surface area contributed by atoms with E-state index in [1.807, 2.05) is 6.08 Å². The third-order valence-electron chi connectivity index (χ3n) is 22.1. The first-order valence-corrected chi connectivity index (χ1v) is 43.4. The van der Waals surface area contributed by atoms with Crippen LogP contribution in [0.4, 0.5) is 0 Å². The molecule has 0 aromatic rings. The Morgan fingerprint density at radius 1 is 0.340 bits per heavy atom. The molecule has 3 fully saturated rings. The first-order valence-electron chi connectivity index (χ1n) is 43.4. The Morgan fingerprint density at radius 3 is 0.913 bits per heavy atom. The van der Waals surface area contributed by atoms with Crippen LogP contribution in [0.2, 0.25) is 0 Å². The molecule has 3 saturated heterocycles. The third kappa shape index (κ3) is 44.8. The highest BCUT2D eigenvalue weighted by molar-refractivity contribution is 5.76. The summed E-state index contributed by atoms with van der Waals surface area (Å²) in [4.78, 5) is 13.5. The zero-order chi connectivity index (χ0) is 74.6. The van der Waals surface area contributed by atoms with Crippen LogP contribution in [-0.4, -0.2) is 193 Å². The maximum Gasteiger partial charge on any atom is 0.220 e. The quantitative estimate of drug-likeness (QED) is 0.0199. The summed E-state index contributed by atoms with van der Waals surface area (Å²) < 4.78 is 34.5. The molecule has 3 aliphatic rings. The van der Waals surface area contributed by atoms with Gasteiger partial charge >= 0.3 is 0 Å². The minimum atomic E-state index is -1.98. The van der Waals surface area contributed by atoms with Crippen molar-refractivity contribution in [2.75, 3.05) is 26.4 Å². The number of aliphatic hydroxyl groups excluding tert-OH is 11. The van der Waals surface area contributed by atoms with Gasteiger partial charge in [0.1, 0.15) is 73.2 Å². The monoisotopic (exact) mass is 1470 g/mol. The van der Waals surface area contributed by atoms with Crippen LogP contribution in [0.25, 0.3) is 0 Å². The maximum atomic E-state index is 13.5. The number of allylic oxidation sites excluding steroid dienone is 1. The van der Waals surface area contributed by atoms with Gasteiger partial charge < -0.3 is 89.9 Å². The molecule has 0 bridgehead atoms. The predicted octanol–water partition coefficient (Wildman–Crippen LogP) is 15.5. The average Bonchev–Trinajstić information content (AvgIpc) is 0.780. The number of aliphatic hydroxyl groups is 11. The van der Waals surface area contributed by atoms with Gasteiger partial charge in [-0.3, -0.25) is 4.79 Å². The predicted molar refractivity (Wildman–Crippen MR) is 411 cm³/mol. The van der Waals surface area contributed by atoms with Gasteiger partial charge in [0.2, 0.25) is 5.91 Å². The van der Waals surface area contributed by atoms with Crippen molar-refractivity contribution in [3.8, 4) is 0 Å². The van der Waals surface area contributed by atoms with E-state index in [4.69, 9.17) is 28.4 Å². The molecule has 0 aromatic heterocycles. The highest BCUT2D eigenvalue weighted by Crippen LogP contribution is 2.34. The molecule has 0 aliphatic carbocycles. The molecule has 103 heavy (non-hydrogen) atoms. The second-order valence-electron chi connectivity index (χ2n) is 31.4. The number of unbranched alkanes of at least 4 members (excludes halogenated alkanes) is 55. The summed E-state index contributed by atoms with van der Waals surface area (Å²) in [6.07, 6.45) is 52.4. The molecule has 12 N–H and O–H groups in total. The van der Waals surface area contributed by atoms with Gasteiger partial charge in [-0.2, -0.15) is 0 Å². The van der Waals surface area contributed by atoms with Crippen LogP contribution in [0.3, 0.4) is 0 Å². The van der Waals surface area contributed by atoms with Gasteiger partial charge in [0.25, 0.3) is 0 Å². The Balaban J connectivity index is 1.29. The number of rotatable bonds is 71. The molecule has 0 saturated carbocycles. The molecular formula is C84H161NO18. The van der Waals surface area contributed by atoms with E-state index >= 15 is 0 Å². The Hall–Kier alpha value is -1.47. The second-order valence-corrected chi connectivity index (χ2v) is 31.4. The van der Waals surface area contributed by atoms with E-state index < -0.39 is 124 Å². The number of ether oxygens (including phenoxy) is 6. The van der Waals surface area contributed by atoms with Gasteiger partial charge in [-0.15, -0.1) is 0 Å². The van der Waals surface area contributed by atoms with Crippen LogP contribution in [0.15, 0.2) is 12.2 Å². The van der Waals surface area contributed by atoms with Crippen molar-refractivity contribution in [2.45, 2.75) is 491 Å². The molecule has 3 heterocycles. The van der Waals surface area contributed by atoms with Crippen molar-refractivity contribution in [2.24, 2.45) is 0 Å². The number of hydrogen-bond donors (Lipinski definition) is 12. The van der Waals surface area contributed by atoms with Crippen molar-refractivity contribution < 1.29 is 89.4 Å². The Kier molecular flexibility index (Phi) is 60.7. The smallest absolute Gasteiger partial charge is 0.220 e. The lowest BCUT2D eigenvalue weighted by Gasteiger charge is -2.48. The lowest BCUT2D eigenvalue weighted by atomic mass is 9.96. The van der Waals surface area contributed by atoms with Crippen LogP contribution in [0, 0.1) is 0 Å². The number of carbonyl (C=O) groups excluding carboxylic acids is 1. The van der Waals surface area contributed by atoms with Crippen molar-refractivity contribution in [1.82, 2.24) is 5.32 Å². The number of carbonyl (C=O) groups is 1. The number of amides is 1. The fraction of sp³-hybridized carbons (Fsp3) is 0.964. The molecule has 17 atom stereocenters. The minimum Gasteiger partial charge on any atom is -0.394 e. The van der Waals surface area contributed by atoms with Gasteiger partial charge in [0.15, 0.2) is 18.9 Å². The van der Waals surface area contributed by atoms with Gasteiger partial charge in [-0.1, -0.05) is 373 Å². The third-order valence-corrected chi connectivity index (χ3v) is 22.1. The van der Waals surface area contributed by atoms with E-state index in [2.05, 4.69) is 19.2 Å². The summed E-state index contributed by atoms with van der Waals surface area (Å²) in [5.41, 5.74) is 0. The van der Waals surface area contributed by atoms with Crippen LogP contribution < -0.4 is 5.32 Å². The molecule has 0 radical (unpaired) electrons. The summed E-state index contributed by atoms with van der Waals surface area (Å²) in [6.45, 7) is 1.80. The van der Waals surface area contributed by atoms with Crippen LogP contribution in [0.1, 0.15) is 386 Å². The molecule has 19 heteroatoms. The Labute approximate surface area is 626 Å². The number of nitrogens with one attached hydrogen (secondary N) is 1. The van der Waals surface area contributed by atoms with E-state index in [-0.39, 0.29) is 18.9 Å². The lowest BCUT2D eigenvalue weighted by Crippen LogP contribution is -2.66. The summed E-state index contributed by atoms with van der Waals surface area (Å²) in [5, 5.41) is 121. The first kappa shape index (κ1) is 95.7. The summed E-state index contributed by atoms with van der Waals surface area (Å²) in [6, 6.07) is -0.970. The zero-order valence-corrected chi connectivity index (χ0v) is 65.6. The normalized spacial score (nSPS) is 26.0. The molecule has 3 aliphatic heterocycles. The topological polar surface area (TPSA) is 307 Å². The average molecular weight is 1470 g/mol. The second kappa shape index (κ2) is 65.3. The van der Waals surface area contributed by atoms with Crippen LogP contribution >= 0.6 is 0 Å². The molecule has 1 amide bonds. The standard InChI is InChI=1S/C84H161NO18/c1-3-5-7-9-11-13-15-17-19-21-23-24-25-26-27-28-29-30-31-32-33-34-35-36-37-38-39-40-41-42-44-46-48-50-52-54-56-58-60-62-72(90)85-67(68(89)61-59-57-55-53-51-49-47-45-43-22-20-18-16-14-12-10-8-6-4-2)66-98-82-78(96)75(93)80(70(64-87)100-82)103-84-79(97)76(94)81(71(65-88)101-84)102-83-77(95)74(92)73(91)69(63-86)99-83/h59,61,67-71,73-84,86-89,91-97H,3-58,60,62-66H2,1-2H3,(H,85,90)/b61-59+. The molecule has 0 spiro atoms. The van der Waals surface area contributed by atoms with Crippen molar-refractivity contribution in [3.63, 3.8) is 0 Å². The molecule has 19 nitrogen and oxygen atoms in total. The van der Waals surface area contributed by atoms with Gasteiger partial charge in [-0.05, 0) is 19.3 Å². The van der Waals surface area contributed by atoms with E-state index in [1.165, 1.54) is 315 Å². The molecule has 17 unspecified atom stereocenters. The van der Waals surface area contributed by atoms with E-state index in [1.54, 1.807) is 6.08 Å². The van der Waals surface area contributed by atoms with Crippen LogP contribution in [0.5, 0.6) is 0 Å². The van der Waals surface area contributed by atoms with Gasteiger partial charge in [0.05, 0.1) is 38.6 Å². The fourth-order valence-corrected chi connectivity index (χ4v) is 15.1. The highest BCUT2D eigenvalue weighted by atomic mass is 16.8. The molecule has 0 aromatic carbocycles. The largest absolute Gasteiger partial charge is 0.394 e. The highest BCUT2D eigenvalue weighted by Gasteiger charge is 2.54. The van der Waals surface area contributed by atoms with Gasteiger partial charge in [-0.25, -0.2) is 0 Å². The summed E-state index contributed by atoms with van der Waals surface area (Å²) in [7, 11) is 0. The lowest BCUT2D eigenvalue weighted by molar-refractivity contribution is -0.379. The maximum absolute atomic E-state index is 13.5. The number of hydrogen-bond acceptors (Lipinski definition) is 18. The van der Waals surface area contributed by atoms with Crippen molar-refractivity contribution in [3.05, 3.63) is 12.2 Å². The molecule has 3 rings (SSSR count). The van der Waals surface area contributed by atoms with E-state index in [9.17, 15) is 61.0 Å². The summed E-state index contributed by atoms with van der Waals surface area (Å²) >= 11 is 0. The zero-order valence-electron chi connectivity index (χ0n) is 65.6. The van der Waals surface area contributed by atoms with E-state index in [0.29, 0.717) is 6.42 Å². The van der Waals surface area contributed by atoms with Crippen molar-refractivity contribution in [1.29, 1.82) is 0 Å². The Morgan fingerprint density at radius 2 is 0.602 bits per heavy atom. The fourth-order valence-electron chi connectivity index (χ4n) is 15.1. The van der Waals surface area contributed by atoms with Crippen LogP contribution in [-0.2, 0) is 33.2 Å². The van der Waals surface area contributed by atoms with E-state index in [0.717, 1.165) is 44.9 Å². The van der Waals surface area contributed by atoms with Crippen molar-refractivity contribution >= 4 is 5.91 Å². The van der Waals surface area contributed by atoms with Gasteiger partial charge in [0, 0.05) is 6.42 Å². The Bertz CT molecular complexity index is 1910. The molecule has 610 valence electrons. The SMILES string of the molecule is CCCCCCCCCCCCCCCCCCC/C=C/C(O)C(COC1OC(CO)C(OC2OC(CO)C(OC3OC(CO)C(O)C(O)C3O)C(O)C2O)C(O)C1O)NC(=O)CCCCCCCCCCCCCCCCCCCCCCCCCCCCCCCCCCCCCCCCC. The minimum absolute atomic E-state index is 0.250. The summed E-state index contributed by atoms with van der Waals surface area (Å²) in [5.74, 6) is -0.266. The first-order chi connectivity index (χ1) is 50.3.